The van der Waals surface area contributed by atoms with Crippen LogP contribution in [0.2, 0.25) is 0 Å². The maximum atomic E-state index is 13.7. The highest BCUT2D eigenvalue weighted by Gasteiger charge is 2.50. The number of carbonyl (C=O) groups is 5. The number of esters is 1. The second kappa shape index (κ2) is 17.3. The topological polar surface area (TPSA) is 152 Å². The van der Waals surface area contributed by atoms with Crippen molar-refractivity contribution < 1.29 is 38.2 Å². The summed E-state index contributed by atoms with van der Waals surface area (Å²) in [6.45, 7) is 15.6. The molecule has 1 heterocycles. The fraction of sp³-hybridized carbons (Fsp3) is 0.575. The summed E-state index contributed by atoms with van der Waals surface area (Å²) in [4.78, 5) is 66.0. The third kappa shape index (κ3) is 12.3. The van der Waals surface area contributed by atoms with Gasteiger partial charge in [-0.05, 0) is 109 Å². The lowest BCUT2D eigenvalue weighted by Crippen LogP contribution is -2.53. The molecule has 4 amide bonds. The van der Waals surface area contributed by atoms with Crippen LogP contribution in [0.25, 0.3) is 0 Å². The van der Waals surface area contributed by atoms with Crippen LogP contribution in [-0.4, -0.2) is 77.2 Å². The van der Waals surface area contributed by atoms with Gasteiger partial charge in [0.25, 0.3) is 0 Å². The van der Waals surface area contributed by atoms with Gasteiger partial charge in [-0.25, -0.2) is 4.79 Å². The van der Waals surface area contributed by atoms with E-state index in [0.717, 1.165) is 23.1 Å². The molecule has 2 aliphatic rings. The molecule has 2 fully saturated rings. The quantitative estimate of drug-likeness (QED) is 0.231. The number of carbonyl (C=O) groups excluding carboxylic acids is 5. The second-order valence-electron chi connectivity index (χ2n) is 16.0. The standard InChI is InChI=1S/C40H56N4O8/c1-25-14-16-30(50-34-21-29-23-44(24-31(29)34)38(49)52-40(6,7)8)20-28(25)22-41-36(47)32(17-15-27-12-10-9-11-13-27)43-37(48)33(42-26(2)45)18-19-35(46)51-39(3,4)5/h9-14,16,20,29,31-34H,15,17-19,21-24H2,1-8H3,(H,41,47)(H,42,45)(H,43,48)/t29?,31?,32-,33-,34?/m0/s1. The van der Waals surface area contributed by atoms with Crippen molar-refractivity contribution in [3.05, 3.63) is 65.2 Å². The van der Waals surface area contributed by atoms with E-state index in [9.17, 15) is 24.0 Å². The normalized spacial score (nSPS) is 19.3. The van der Waals surface area contributed by atoms with Crippen molar-refractivity contribution in [2.75, 3.05) is 13.1 Å². The predicted molar refractivity (Wildman–Crippen MR) is 196 cm³/mol. The number of nitrogens with one attached hydrogen (secondary N) is 3. The number of hydrogen-bond donors (Lipinski definition) is 3. The summed E-state index contributed by atoms with van der Waals surface area (Å²) < 4.78 is 17.3. The summed E-state index contributed by atoms with van der Waals surface area (Å²) in [5, 5.41) is 8.44. The van der Waals surface area contributed by atoms with Gasteiger partial charge >= 0.3 is 12.1 Å². The van der Waals surface area contributed by atoms with Gasteiger partial charge in [0.15, 0.2) is 0 Å². The van der Waals surface area contributed by atoms with Crippen LogP contribution in [0.4, 0.5) is 4.79 Å². The van der Waals surface area contributed by atoms with Gasteiger partial charge in [0.05, 0.1) is 0 Å². The monoisotopic (exact) mass is 720 g/mol. The van der Waals surface area contributed by atoms with E-state index in [1.165, 1.54) is 6.92 Å². The molecule has 5 atom stereocenters. The summed E-state index contributed by atoms with van der Waals surface area (Å²) in [7, 11) is 0. The lowest BCUT2D eigenvalue weighted by molar-refractivity contribution is -0.155. The van der Waals surface area contributed by atoms with Crippen LogP contribution in [0.3, 0.4) is 0 Å². The van der Waals surface area contributed by atoms with Crippen molar-refractivity contribution in [3.63, 3.8) is 0 Å². The molecule has 12 nitrogen and oxygen atoms in total. The van der Waals surface area contributed by atoms with Crippen LogP contribution in [0.5, 0.6) is 5.75 Å². The highest BCUT2D eigenvalue weighted by atomic mass is 16.6. The Morgan fingerprint density at radius 3 is 2.17 bits per heavy atom. The zero-order chi connectivity index (χ0) is 38.2. The zero-order valence-corrected chi connectivity index (χ0v) is 31.9. The minimum absolute atomic E-state index is 0.0149. The average molecular weight is 721 g/mol. The molecule has 2 aromatic rings. The van der Waals surface area contributed by atoms with Crippen LogP contribution in [0.1, 0.15) is 90.8 Å². The first kappa shape index (κ1) is 40.2. The summed E-state index contributed by atoms with van der Waals surface area (Å²) in [5.41, 5.74) is 1.61. The van der Waals surface area contributed by atoms with Crippen LogP contribution in [0, 0.1) is 18.8 Å². The van der Waals surface area contributed by atoms with E-state index in [1.54, 1.807) is 25.7 Å². The van der Waals surface area contributed by atoms with Crippen molar-refractivity contribution in [2.24, 2.45) is 11.8 Å². The van der Waals surface area contributed by atoms with E-state index < -0.39 is 41.1 Å². The molecule has 1 saturated heterocycles. The molecule has 0 bridgehead atoms. The van der Waals surface area contributed by atoms with Gasteiger partial charge < -0.3 is 35.1 Å². The molecule has 2 aromatic carbocycles. The second-order valence-corrected chi connectivity index (χ2v) is 16.0. The molecule has 1 saturated carbocycles. The molecule has 0 radical (unpaired) electrons. The molecule has 3 N–H and O–H groups in total. The highest BCUT2D eigenvalue weighted by molar-refractivity contribution is 5.92. The Morgan fingerprint density at radius 1 is 0.846 bits per heavy atom. The van der Waals surface area contributed by atoms with Crippen LogP contribution in [-0.2, 0) is 41.6 Å². The van der Waals surface area contributed by atoms with E-state index in [0.29, 0.717) is 37.6 Å². The lowest BCUT2D eigenvalue weighted by Gasteiger charge is -2.39. The number of ether oxygens (including phenoxy) is 3. The minimum atomic E-state index is -1.03. The van der Waals surface area contributed by atoms with Gasteiger partial charge in [-0.15, -0.1) is 0 Å². The Balaban J connectivity index is 1.39. The van der Waals surface area contributed by atoms with Crippen molar-refractivity contribution in [3.8, 4) is 5.75 Å². The summed E-state index contributed by atoms with van der Waals surface area (Å²) >= 11 is 0. The number of hydrogen-bond acceptors (Lipinski definition) is 8. The molecule has 4 rings (SSSR count). The van der Waals surface area contributed by atoms with E-state index in [4.69, 9.17) is 14.2 Å². The van der Waals surface area contributed by atoms with Crippen molar-refractivity contribution in [2.45, 2.75) is 123 Å². The first-order chi connectivity index (χ1) is 24.4. The Kier molecular flexibility index (Phi) is 13.3. The van der Waals surface area contributed by atoms with Crippen LogP contribution >= 0.6 is 0 Å². The smallest absolute Gasteiger partial charge is 0.410 e. The van der Waals surface area contributed by atoms with E-state index in [2.05, 4.69) is 16.0 Å². The van der Waals surface area contributed by atoms with Gasteiger partial charge in [0.2, 0.25) is 17.7 Å². The molecule has 284 valence electrons. The number of rotatable bonds is 14. The maximum absolute atomic E-state index is 13.7. The third-order valence-electron chi connectivity index (χ3n) is 9.17. The number of likely N-dealkylation sites (tertiary alicyclic amines) is 1. The fourth-order valence-corrected chi connectivity index (χ4v) is 6.51. The molecule has 1 aliphatic heterocycles. The third-order valence-corrected chi connectivity index (χ3v) is 9.17. The van der Waals surface area contributed by atoms with Crippen molar-refractivity contribution in [1.29, 1.82) is 0 Å². The molecule has 12 heteroatoms. The predicted octanol–water partition coefficient (Wildman–Crippen LogP) is 4.99. The van der Waals surface area contributed by atoms with Gasteiger partial charge in [-0.2, -0.15) is 0 Å². The first-order valence-corrected chi connectivity index (χ1v) is 18.2. The Morgan fingerprint density at radius 2 is 1.52 bits per heavy atom. The number of aryl methyl sites for hydroxylation is 2. The summed E-state index contributed by atoms with van der Waals surface area (Å²) in [6, 6.07) is 13.5. The molecule has 3 unspecified atom stereocenters. The Labute approximate surface area is 307 Å². The number of amides is 4. The van der Waals surface area contributed by atoms with Crippen molar-refractivity contribution in [1.82, 2.24) is 20.9 Å². The zero-order valence-electron chi connectivity index (χ0n) is 31.9. The molecule has 52 heavy (non-hydrogen) atoms. The maximum Gasteiger partial charge on any atom is 0.410 e. The summed E-state index contributed by atoms with van der Waals surface area (Å²) in [6.07, 6.45) is 1.31. The van der Waals surface area contributed by atoms with Gasteiger partial charge in [-0.1, -0.05) is 36.4 Å². The van der Waals surface area contributed by atoms with Gasteiger partial charge in [-0.3, -0.25) is 19.2 Å². The first-order valence-electron chi connectivity index (χ1n) is 18.2. The number of benzene rings is 2. The van der Waals surface area contributed by atoms with Crippen LogP contribution in [0.15, 0.2) is 48.5 Å². The lowest BCUT2D eigenvalue weighted by atomic mass is 9.73. The largest absolute Gasteiger partial charge is 0.490 e. The number of nitrogens with zero attached hydrogens (tertiary/aromatic N) is 1. The van der Waals surface area contributed by atoms with Crippen LogP contribution < -0.4 is 20.7 Å². The van der Waals surface area contributed by atoms with Crippen molar-refractivity contribution >= 4 is 29.8 Å². The van der Waals surface area contributed by atoms with E-state index in [-0.39, 0.29) is 43.4 Å². The number of fused-ring (bicyclic) bond motifs is 1. The average Bonchev–Trinajstić information content (AvgIpc) is 3.39. The van der Waals surface area contributed by atoms with Gasteiger partial charge in [0.1, 0.15) is 35.1 Å². The molecule has 0 aromatic heterocycles. The minimum Gasteiger partial charge on any atom is -0.490 e. The Bertz CT molecular complexity index is 1580. The molecule has 1 aliphatic carbocycles. The molecular weight excluding hydrogens is 664 g/mol. The molecular formula is C40H56N4O8. The Hall–Kier alpha value is -4.61. The van der Waals surface area contributed by atoms with E-state index >= 15 is 0 Å². The SMILES string of the molecule is CC(=O)N[C@@H](CCC(=O)OC(C)(C)C)C(=O)N[C@@H](CCc1ccccc1)C(=O)NCc1cc(OC2CC3CN(C(=O)OC(C)(C)C)CC32)ccc1C. The fourth-order valence-electron chi connectivity index (χ4n) is 6.51. The highest BCUT2D eigenvalue weighted by Crippen LogP contribution is 2.43. The molecule has 0 spiro atoms. The van der Waals surface area contributed by atoms with E-state index in [1.807, 2.05) is 76.2 Å². The summed E-state index contributed by atoms with van der Waals surface area (Å²) in [5.74, 6) is -0.556. The van der Waals surface area contributed by atoms with Gasteiger partial charge in [0, 0.05) is 38.9 Å².